The van der Waals surface area contributed by atoms with Crippen LogP contribution in [0.5, 0.6) is 5.75 Å². The van der Waals surface area contributed by atoms with Crippen molar-refractivity contribution in [1.29, 1.82) is 0 Å². The molecule has 1 aliphatic rings. The summed E-state index contributed by atoms with van der Waals surface area (Å²) in [5, 5.41) is 11.4. The standard InChI is InChI=1S/C19H28N6O2.HI/c1-4-20-19(21-11-14-6-5-7-16(10-14)27-3)22-15-8-9-18-23-17(13-26-2)24-25(18)12-15;/h5-7,10,15H,4,8-9,11-13H2,1-3H3,(H2,20,21,22);1H. The van der Waals surface area contributed by atoms with Crippen molar-refractivity contribution in [2.24, 2.45) is 4.99 Å². The number of ether oxygens (including phenoxy) is 2. The monoisotopic (exact) mass is 500 g/mol. The van der Waals surface area contributed by atoms with E-state index in [-0.39, 0.29) is 30.0 Å². The molecule has 0 saturated carbocycles. The summed E-state index contributed by atoms with van der Waals surface area (Å²) in [5.41, 5.74) is 1.11. The highest BCUT2D eigenvalue weighted by molar-refractivity contribution is 14.0. The van der Waals surface area contributed by atoms with Crippen molar-refractivity contribution >= 4 is 29.9 Å². The molecule has 2 N–H and O–H groups in total. The summed E-state index contributed by atoms with van der Waals surface area (Å²) in [5.74, 6) is 3.43. The van der Waals surface area contributed by atoms with Gasteiger partial charge in [-0.1, -0.05) is 12.1 Å². The normalized spacial score (nSPS) is 16.1. The molecule has 2 aromatic rings. The quantitative estimate of drug-likeness (QED) is 0.344. The van der Waals surface area contributed by atoms with Crippen LogP contribution >= 0.6 is 24.0 Å². The van der Waals surface area contributed by atoms with Crippen LogP contribution in [0.2, 0.25) is 0 Å². The SMILES string of the molecule is CCNC(=NCc1cccc(OC)c1)NC1CCc2nc(COC)nn2C1.I. The average Bonchev–Trinajstić information content (AvgIpc) is 3.08. The summed E-state index contributed by atoms with van der Waals surface area (Å²) < 4.78 is 12.4. The summed E-state index contributed by atoms with van der Waals surface area (Å²) in [4.78, 5) is 9.24. The van der Waals surface area contributed by atoms with Crippen LogP contribution in [0, 0.1) is 0 Å². The fourth-order valence-corrected chi connectivity index (χ4v) is 3.12. The van der Waals surface area contributed by atoms with Crippen molar-refractivity contribution in [3.05, 3.63) is 41.5 Å². The topological polar surface area (TPSA) is 85.6 Å². The molecular formula is C19H29IN6O2. The van der Waals surface area contributed by atoms with E-state index < -0.39 is 0 Å². The third-order valence-corrected chi connectivity index (χ3v) is 4.41. The molecule has 1 unspecified atom stereocenters. The highest BCUT2D eigenvalue weighted by Gasteiger charge is 2.22. The minimum Gasteiger partial charge on any atom is -0.497 e. The number of halogens is 1. The van der Waals surface area contributed by atoms with E-state index >= 15 is 0 Å². The second kappa shape index (κ2) is 11.2. The fraction of sp³-hybridized carbons (Fsp3) is 0.526. The summed E-state index contributed by atoms with van der Waals surface area (Å²) in [7, 11) is 3.33. The number of rotatable bonds is 7. The van der Waals surface area contributed by atoms with E-state index in [1.807, 2.05) is 22.9 Å². The fourth-order valence-electron chi connectivity index (χ4n) is 3.12. The molecule has 8 nitrogen and oxygen atoms in total. The van der Waals surface area contributed by atoms with E-state index in [9.17, 15) is 0 Å². The van der Waals surface area contributed by atoms with Gasteiger partial charge in [-0.3, -0.25) is 0 Å². The van der Waals surface area contributed by atoms with E-state index in [0.717, 1.165) is 54.9 Å². The summed E-state index contributed by atoms with van der Waals surface area (Å²) in [6, 6.07) is 8.24. The van der Waals surface area contributed by atoms with Crippen LogP contribution in [0.15, 0.2) is 29.3 Å². The van der Waals surface area contributed by atoms with E-state index in [2.05, 4.69) is 33.7 Å². The molecule has 1 atom stereocenters. The van der Waals surface area contributed by atoms with Crippen molar-refractivity contribution in [2.45, 2.75) is 45.5 Å². The predicted molar refractivity (Wildman–Crippen MR) is 119 cm³/mol. The Bertz CT molecular complexity index is 780. The van der Waals surface area contributed by atoms with E-state index in [4.69, 9.17) is 14.5 Å². The Morgan fingerprint density at radius 2 is 2.21 bits per heavy atom. The zero-order valence-electron chi connectivity index (χ0n) is 16.6. The minimum atomic E-state index is 0. The van der Waals surface area contributed by atoms with E-state index in [0.29, 0.717) is 13.2 Å². The number of aliphatic imine (C=N–C) groups is 1. The second-order valence-corrected chi connectivity index (χ2v) is 6.49. The average molecular weight is 500 g/mol. The second-order valence-electron chi connectivity index (χ2n) is 6.49. The third kappa shape index (κ3) is 6.06. The van der Waals surface area contributed by atoms with Gasteiger partial charge in [0.1, 0.15) is 18.2 Å². The molecule has 2 heterocycles. The molecule has 1 aliphatic heterocycles. The number of hydrogen-bond acceptors (Lipinski definition) is 5. The van der Waals surface area contributed by atoms with Gasteiger partial charge < -0.3 is 20.1 Å². The summed E-state index contributed by atoms with van der Waals surface area (Å²) in [6.45, 7) is 4.68. The van der Waals surface area contributed by atoms with Crippen LogP contribution < -0.4 is 15.4 Å². The number of fused-ring (bicyclic) bond motifs is 1. The molecule has 0 amide bonds. The maximum absolute atomic E-state index is 5.28. The Morgan fingerprint density at radius 1 is 1.36 bits per heavy atom. The Kier molecular flexibility index (Phi) is 8.97. The van der Waals surface area contributed by atoms with Gasteiger partial charge in [0.2, 0.25) is 0 Å². The van der Waals surface area contributed by atoms with E-state index in [1.54, 1.807) is 14.2 Å². The van der Waals surface area contributed by atoms with Gasteiger partial charge >= 0.3 is 0 Å². The molecule has 9 heteroatoms. The highest BCUT2D eigenvalue weighted by Crippen LogP contribution is 2.15. The number of aromatic nitrogens is 3. The van der Waals surface area contributed by atoms with Gasteiger partial charge in [-0.05, 0) is 31.0 Å². The Hall–Kier alpha value is -1.88. The van der Waals surface area contributed by atoms with Crippen LogP contribution in [0.3, 0.4) is 0 Å². The van der Waals surface area contributed by atoms with Crippen molar-refractivity contribution in [1.82, 2.24) is 25.4 Å². The minimum absolute atomic E-state index is 0. The molecule has 154 valence electrons. The molecule has 0 spiro atoms. The first-order valence-corrected chi connectivity index (χ1v) is 9.31. The summed E-state index contributed by atoms with van der Waals surface area (Å²) in [6.07, 6.45) is 1.89. The van der Waals surface area contributed by atoms with Crippen molar-refractivity contribution in [3.8, 4) is 5.75 Å². The number of methoxy groups -OCH3 is 2. The first-order chi connectivity index (χ1) is 13.2. The van der Waals surface area contributed by atoms with Gasteiger partial charge in [-0.2, -0.15) is 5.10 Å². The lowest BCUT2D eigenvalue weighted by Crippen LogP contribution is -2.47. The molecular weight excluding hydrogens is 471 g/mol. The lowest BCUT2D eigenvalue weighted by atomic mass is 10.1. The number of benzene rings is 1. The smallest absolute Gasteiger partial charge is 0.191 e. The van der Waals surface area contributed by atoms with Gasteiger partial charge in [-0.25, -0.2) is 14.7 Å². The number of hydrogen-bond donors (Lipinski definition) is 2. The molecule has 0 radical (unpaired) electrons. The molecule has 0 aliphatic carbocycles. The van der Waals surface area contributed by atoms with Crippen LogP contribution in [-0.2, 0) is 30.9 Å². The van der Waals surface area contributed by atoms with Gasteiger partial charge in [-0.15, -0.1) is 24.0 Å². The van der Waals surface area contributed by atoms with Crippen molar-refractivity contribution in [3.63, 3.8) is 0 Å². The van der Waals surface area contributed by atoms with Crippen LogP contribution in [-0.4, -0.2) is 47.5 Å². The van der Waals surface area contributed by atoms with Crippen molar-refractivity contribution in [2.75, 3.05) is 20.8 Å². The summed E-state index contributed by atoms with van der Waals surface area (Å²) >= 11 is 0. The largest absolute Gasteiger partial charge is 0.497 e. The maximum atomic E-state index is 5.28. The van der Waals surface area contributed by atoms with Crippen LogP contribution in [0.4, 0.5) is 0 Å². The molecule has 0 fully saturated rings. The van der Waals surface area contributed by atoms with E-state index in [1.165, 1.54) is 0 Å². The van der Waals surface area contributed by atoms with Crippen molar-refractivity contribution < 1.29 is 9.47 Å². The Morgan fingerprint density at radius 3 is 2.96 bits per heavy atom. The third-order valence-electron chi connectivity index (χ3n) is 4.41. The Balaban J connectivity index is 0.00000280. The molecule has 28 heavy (non-hydrogen) atoms. The predicted octanol–water partition coefficient (Wildman–Crippen LogP) is 2.12. The van der Waals surface area contributed by atoms with Gasteiger partial charge in [0.15, 0.2) is 11.8 Å². The first-order valence-electron chi connectivity index (χ1n) is 9.31. The Labute approximate surface area is 183 Å². The number of nitrogens with one attached hydrogen (secondary N) is 2. The molecule has 3 rings (SSSR count). The lowest BCUT2D eigenvalue weighted by Gasteiger charge is -2.25. The number of guanidine groups is 1. The zero-order valence-corrected chi connectivity index (χ0v) is 19.0. The maximum Gasteiger partial charge on any atom is 0.191 e. The number of aryl methyl sites for hydroxylation is 1. The molecule has 0 bridgehead atoms. The first kappa shape index (κ1) is 22.4. The van der Waals surface area contributed by atoms with Gasteiger partial charge in [0.25, 0.3) is 0 Å². The van der Waals surface area contributed by atoms with Crippen LogP contribution in [0.1, 0.15) is 30.6 Å². The molecule has 1 aromatic carbocycles. The van der Waals surface area contributed by atoms with Crippen LogP contribution in [0.25, 0.3) is 0 Å². The highest BCUT2D eigenvalue weighted by atomic mass is 127. The van der Waals surface area contributed by atoms with Gasteiger partial charge in [0.05, 0.1) is 20.2 Å². The number of nitrogens with zero attached hydrogens (tertiary/aromatic N) is 4. The lowest BCUT2D eigenvalue weighted by molar-refractivity contribution is 0.177. The van der Waals surface area contributed by atoms with Gasteiger partial charge in [0, 0.05) is 26.1 Å². The molecule has 0 saturated heterocycles. The zero-order chi connectivity index (χ0) is 19.1. The molecule has 1 aromatic heterocycles.